The lowest BCUT2D eigenvalue weighted by Crippen LogP contribution is -2.13. The fraction of sp³-hybridized carbons (Fsp3) is 0.357. The number of nitrogens with one attached hydrogen (secondary N) is 2. The van der Waals surface area contributed by atoms with E-state index in [1.54, 1.807) is 18.2 Å². The van der Waals surface area contributed by atoms with Crippen LogP contribution in [-0.2, 0) is 14.3 Å². The maximum absolute atomic E-state index is 11.6. The number of ether oxygens (including phenoxy) is 1. The summed E-state index contributed by atoms with van der Waals surface area (Å²) >= 11 is 0. The topological polar surface area (TPSA) is 84.5 Å². The van der Waals surface area contributed by atoms with E-state index < -0.39 is 5.97 Å². The Hall–Kier alpha value is -2.37. The highest BCUT2D eigenvalue weighted by Gasteiger charge is 2.09. The van der Waals surface area contributed by atoms with Gasteiger partial charge in [0.05, 0.1) is 25.8 Å². The molecule has 0 aliphatic rings. The molecule has 1 aromatic rings. The molecule has 0 aliphatic carbocycles. The number of carbonyl (C=O) groups is 3. The van der Waals surface area contributed by atoms with Crippen LogP contribution < -0.4 is 10.6 Å². The first-order valence-corrected chi connectivity index (χ1v) is 6.12. The molecule has 0 bridgehead atoms. The first-order chi connectivity index (χ1) is 9.42. The van der Waals surface area contributed by atoms with Crippen molar-refractivity contribution in [2.24, 2.45) is 0 Å². The van der Waals surface area contributed by atoms with Crippen LogP contribution in [0, 0.1) is 0 Å². The zero-order valence-electron chi connectivity index (χ0n) is 11.8. The predicted molar refractivity (Wildman–Crippen MR) is 76.1 cm³/mol. The summed E-state index contributed by atoms with van der Waals surface area (Å²) in [5.41, 5.74) is 1.55. The van der Waals surface area contributed by atoms with E-state index in [2.05, 4.69) is 15.4 Å². The van der Waals surface area contributed by atoms with Crippen molar-refractivity contribution in [1.82, 2.24) is 0 Å². The molecule has 0 spiro atoms. The molecule has 6 heteroatoms. The Morgan fingerprint density at radius 2 is 1.40 bits per heavy atom. The van der Waals surface area contributed by atoms with Crippen LogP contribution in [0.4, 0.5) is 11.4 Å². The largest absolute Gasteiger partial charge is 0.465 e. The van der Waals surface area contributed by atoms with E-state index in [0.29, 0.717) is 16.9 Å². The zero-order valence-corrected chi connectivity index (χ0v) is 11.8. The number of rotatable bonds is 7. The second-order valence-electron chi connectivity index (χ2n) is 4.40. The van der Waals surface area contributed by atoms with E-state index in [4.69, 9.17) is 0 Å². The van der Waals surface area contributed by atoms with Crippen LogP contribution >= 0.6 is 0 Å². The van der Waals surface area contributed by atoms with Crippen molar-refractivity contribution in [3.8, 4) is 0 Å². The van der Waals surface area contributed by atoms with Gasteiger partial charge in [-0.15, -0.1) is 0 Å². The number of hydrogen-bond acceptors (Lipinski definition) is 6. The summed E-state index contributed by atoms with van der Waals surface area (Å²) in [6.07, 6.45) is 0. The lowest BCUT2D eigenvalue weighted by molar-refractivity contribution is -0.116. The highest BCUT2D eigenvalue weighted by Crippen LogP contribution is 2.19. The van der Waals surface area contributed by atoms with Crippen LogP contribution in [0.1, 0.15) is 24.2 Å². The summed E-state index contributed by atoms with van der Waals surface area (Å²) in [4.78, 5) is 33.5. The third kappa shape index (κ3) is 5.09. The lowest BCUT2D eigenvalue weighted by atomic mass is 10.1. The van der Waals surface area contributed by atoms with E-state index >= 15 is 0 Å². The molecule has 1 rings (SSSR count). The lowest BCUT2D eigenvalue weighted by Gasteiger charge is -2.11. The van der Waals surface area contributed by atoms with Gasteiger partial charge in [0.15, 0.2) is 0 Å². The summed E-state index contributed by atoms with van der Waals surface area (Å²) in [5, 5.41) is 5.82. The molecule has 1 aromatic carbocycles. The Labute approximate surface area is 117 Å². The summed E-state index contributed by atoms with van der Waals surface area (Å²) in [7, 11) is 1.29. The van der Waals surface area contributed by atoms with Crippen molar-refractivity contribution in [2.75, 3.05) is 30.8 Å². The van der Waals surface area contributed by atoms with Gasteiger partial charge in [-0.3, -0.25) is 9.59 Å². The standard InChI is InChI=1S/C14H18N2O4/c1-9(17)7-15-12-4-11(14(19)20-3)5-13(6-12)16-8-10(2)18/h4-6,15-16H,7-8H2,1-3H3. The predicted octanol–water partition coefficient (Wildman–Crippen LogP) is 1.47. The molecule has 0 heterocycles. The van der Waals surface area contributed by atoms with Gasteiger partial charge in [0.2, 0.25) is 0 Å². The van der Waals surface area contributed by atoms with Crippen molar-refractivity contribution < 1.29 is 19.1 Å². The SMILES string of the molecule is COC(=O)c1cc(NCC(C)=O)cc(NCC(C)=O)c1. The van der Waals surface area contributed by atoms with Crippen molar-refractivity contribution in [3.05, 3.63) is 23.8 Å². The van der Waals surface area contributed by atoms with Gasteiger partial charge in [0.25, 0.3) is 0 Å². The minimum Gasteiger partial charge on any atom is -0.465 e. The van der Waals surface area contributed by atoms with E-state index in [1.807, 2.05) is 0 Å². The van der Waals surface area contributed by atoms with Crippen molar-refractivity contribution >= 4 is 28.9 Å². The number of esters is 1. The van der Waals surface area contributed by atoms with Crippen LogP contribution in [0.3, 0.4) is 0 Å². The first kappa shape index (κ1) is 15.7. The third-order valence-electron chi connectivity index (χ3n) is 2.44. The van der Waals surface area contributed by atoms with Gasteiger partial charge in [-0.1, -0.05) is 0 Å². The molecule has 0 atom stereocenters. The average molecular weight is 278 g/mol. The Morgan fingerprint density at radius 1 is 0.950 bits per heavy atom. The van der Waals surface area contributed by atoms with Crippen LogP contribution in [0.2, 0.25) is 0 Å². The molecule has 0 unspecified atom stereocenters. The fourth-order valence-electron chi connectivity index (χ4n) is 1.52. The Kier molecular flexibility index (Phi) is 5.71. The molecule has 20 heavy (non-hydrogen) atoms. The Balaban J connectivity index is 2.97. The number of methoxy groups -OCH3 is 1. The molecule has 0 saturated carbocycles. The van der Waals surface area contributed by atoms with Gasteiger partial charge in [-0.25, -0.2) is 4.79 Å². The van der Waals surface area contributed by atoms with E-state index in [1.165, 1.54) is 21.0 Å². The van der Waals surface area contributed by atoms with Crippen LogP contribution in [-0.4, -0.2) is 37.7 Å². The van der Waals surface area contributed by atoms with E-state index in [0.717, 1.165) is 0 Å². The molecule has 108 valence electrons. The number of hydrogen-bond donors (Lipinski definition) is 2. The number of ketones is 2. The van der Waals surface area contributed by atoms with Gasteiger partial charge < -0.3 is 15.4 Å². The van der Waals surface area contributed by atoms with Gasteiger partial charge in [0.1, 0.15) is 11.6 Å². The molecule has 2 N–H and O–H groups in total. The van der Waals surface area contributed by atoms with Gasteiger partial charge in [-0.2, -0.15) is 0 Å². The van der Waals surface area contributed by atoms with Crippen molar-refractivity contribution in [2.45, 2.75) is 13.8 Å². The van der Waals surface area contributed by atoms with Crippen LogP contribution in [0.5, 0.6) is 0 Å². The normalized spacial score (nSPS) is 9.75. The van der Waals surface area contributed by atoms with Gasteiger partial charge in [-0.05, 0) is 32.0 Å². The number of carbonyl (C=O) groups excluding carboxylic acids is 3. The number of benzene rings is 1. The second kappa shape index (κ2) is 7.28. The summed E-state index contributed by atoms with van der Waals surface area (Å²) in [6.45, 7) is 3.26. The molecule has 0 aliphatic heterocycles. The second-order valence-corrected chi connectivity index (χ2v) is 4.40. The molecule has 6 nitrogen and oxygen atoms in total. The van der Waals surface area contributed by atoms with Crippen LogP contribution in [0.25, 0.3) is 0 Å². The maximum atomic E-state index is 11.6. The minimum atomic E-state index is -0.484. The summed E-state index contributed by atoms with van der Waals surface area (Å²) in [5.74, 6) is -0.527. The highest BCUT2D eigenvalue weighted by atomic mass is 16.5. The zero-order chi connectivity index (χ0) is 15.1. The molecule has 0 amide bonds. The Bertz CT molecular complexity index is 490. The maximum Gasteiger partial charge on any atom is 0.337 e. The summed E-state index contributed by atoms with van der Waals surface area (Å²) in [6, 6.07) is 4.90. The first-order valence-electron chi connectivity index (χ1n) is 6.12. The van der Waals surface area contributed by atoms with E-state index in [-0.39, 0.29) is 24.7 Å². The average Bonchev–Trinajstić information content (AvgIpc) is 2.41. The number of anilines is 2. The fourth-order valence-corrected chi connectivity index (χ4v) is 1.52. The van der Waals surface area contributed by atoms with Crippen molar-refractivity contribution in [3.63, 3.8) is 0 Å². The molecule has 0 radical (unpaired) electrons. The summed E-state index contributed by atoms with van der Waals surface area (Å²) < 4.78 is 4.67. The number of Topliss-reactive ketones (excluding diaryl/α,β-unsaturated/α-hetero) is 2. The van der Waals surface area contributed by atoms with Crippen molar-refractivity contribution in [1.29, 1.82) is 0 Å². The van der Waals surface area contributed by atoms with Gasteiger partial charge in [0, 0.05) is 11.4 Å². The molecule has 0 fully saturated rings. The van der Waals surface area contributed by atoms with Gasteiger partial charge >= 0.3 is 5.97 Å². The smallest absolute Gasteiger partial charge is 0.337 e. The highest BCUT2D eigenvalue weighted by molar-refractivity contribution is 5.92. The minimum absolute atomic E-state index is 0.0216. The van der Waals surface area contributed by atoms with Crippen LogP contribution in [0.15, 0.2) is 18.2 Å². The molecular weight excluding hydrogens is 260 g/mol. The monoisotopic (exact) mass is 278 g/mol. The molecule has 0 aromatic heterocycles. The molecule has 0 saturated heterocycles. The van der Waals surface area contributed by atoms with E-state index in [9.17, 15) is 14.4 Å². The Morgan fingerprint density at radius 3 is 1.75 bits per heavy atom. The third-order valence-corrected chi connectivity index (χ3v) is 2.44. The molecular formula is C14H18N2O4. The quantitative estimate of drug-likeness (QED) is 0.735.